The molecule has 0 aliphatic carbocycles. The fraction of sp³-hybridized carbons (Fsp3) is 1.00. The fourth-order valence-electron chi connectivity index (χ4n) is 3.97. The first-order valence-electron chi connectivity index (χ1n) is 8.53. The second kappa shape index (κ2) is 5.97. The molecule has 1 N–H and O–H groups in total. The van der Waals surface area contributed by atoms with E-state index in [9.17, 15) is 5.53 Å². The molecule has 4 rings (SSSR count). The van der Waals surface area contributed by atoms with Crippen LogP contribution in [0.5, 0.6) is 0 Å². The Bertz CT molecular complexity index is 592. The topological polar surface area (TPSA) is 107 Å². The number of nitrogens with zero attached hydrogens (tertiary/aromatic N) is 3. The second-order valence-electron chi connectivity index (χ2n) is 7.62. The summed E-state index contributed by atoms with van der Waals surface area (Å²) in [4.78, 5) is 3.07. The summed E-state index contributed by atoms with van der Waals surface area (Å²) in [7, 11) is 0. The highest BCUT2D eigenvalue weighted by Crippen LogP contribution is 2.51. The van der Waals surface area contributed by atoms with Crippen molar-refractivity contribution < 1.29 is 23.7 Å². The van der Waals surface area contributed by atoms with E-state index >= 15 is 0 Å². The van der Waals surface area contributed by atoms with Crippen molar-refractivity contribution in [2.24, 2.45) is 5.11 Å². The molecule has 4 saturated heterocycles. The van der Waals surface area contributed by atoms with Crippen LogP contribution >= 0.6 is 11.8 Å². The van der Waals surface area contributed by atoms with Gasteiger partial charge in [-0.25, -0.2) is 0 Å². The van der Waals surface area contributed by atoms with Crippen molar-refractivity contribution in [2.75, 3.05) is 18.9 Å². The van der Waals surface area contributed by atoms with Gasteiger partial charge >= 0.3 is 0 Å². The number of rotatable bonds is 3. The van der Waals surface area contributed by atoms with Crippen LogP contribution in [0.4, 0.5) is 0 Å². The minimum absolute atomic E-state index is 0.200. The lowest BCUT2D eigenvalue weighted by atomic mass is 10.0. The molecule has 10 heteroatoms. The molecule has 0 amide bonds. The minimum Gasteiger partial charge on any atom is -0.355 e. The summed E-state index contributed by atoms with van der Waals surface area (Å²) < 4.78 is 30.3. The number of ether oxygens (including phenoxy) is 5. The van der Waals surface area contributed by atoms with Crippen LogP contribution in [0.25, 0.3) is 10.4 Å². The van der Waals surface area contributed by atoms with Gasteiger partial charge in [0.05, 0.1) is 12.0 Å². The van der Waals surface area contributed by atoms with Crippen molar-refractivity contribution in [3.63, 3.8) is 0 Å². The molecule has 1 unspecified atom stereocenters. The largest absolute Gasteiger partial charge is 0.355 e. The normalized spacial score (nSPS) is 47.6. The molecule has 0 radical (unpaired) electrons. The highest BCUT2D eigenvalue weighted by Gasteiger charge is 2.68. The number of nitrogens with one attached hydrogen (secondary N) is 1. The third-order valence-electron chi connectivity index (χ3n) is 4.88. The highest BCUT2D eigenvalue weighted by atomic mass is 32.2. The van der Waals surface area contributed by atoms with Gasteiger partial charge in [0.25, 0.3) is 0 Å². The highest BCUT2D eigenvalue weighted by molar-refractivity contribution is 8.00. The Morgan fingerprint density at radius 2 is 1.88 bits per heavy atom. The number of thioether (sulfide) groups is 1. The van der Waals surface area contributed by atoms with Crippen LogP contribution in [-0.2, 0) is 23.7 Å². The van der Waals surface area contributed by atoms with Crippen LogP contribution in [0, 0.1) is 0 Å². The molecule has 25 heavy (non-hydrogen) atoms. The molecule has 0 aromatic heterocycles. The molecule has 9 nitrogen and oxygen atoms in total. The predicted molar refractivity (Wildman–Crippen MR) is 89.7 cm³/mol. The SMILES string of the molecule is CC1(C)OC[C@H]([C@H]2O[C@@](N=[N+]=[N-])(C3NCCS3)[C@H]3OC(C)(C)O[C@@H]23)O1. The third kappa shape index (κ3) is 2.94. The molecule has 4 fully saturated rings. The lowest BCUT2D eigenvalue weighted by Crippen LogP contribution is -2.53. The van der Waals surface area contributed by atoms with Crippen LogP contribution < -0.4 is 5.32 Å². The van der Waals surface area contributed by atoms with Crippen LogP contribution in [0.3, 0.4) is 0 Å². The van der Waals surface area contributed by atoms with Crippen molar-refractivity contribution in [3.8, 4) is 0 Å². The van der Waals surface area contributed by atoms with Crippen LogP contribution in [0.1, 0.15) is 27.7 Å². The summed E-state index contributed by atoms with van der Waals surface area (Å²) in [6.07, 6.45) is -1.67. The quantitative estimate of drug-likeness (QED) is 0.457. The van der Waals surface area contributed by atoms with Crippen molar-refractivity contribution in [1.29, 1.82) is 0 Å². The van der Waals surface area contributed by atoms with Gasteiger partial charge in [-0.05, 0) is 33.2 Å². The maximum Gasteiger partial charge on any atom is 0.200 e. The van der Waals surface area contributed by atoms with Gasteiger partial charge in [0.2, 0.25) is 5.72 Å². The van der Waals surface area contributed by atoms with Gasteiger partial charge in [-0.2, -0.15) is 0 Å². The molecule has 140 valence electrons. The van der Waals surface area contributed by atoms with E-state index < -0.39 is 35.6 Å². The summed E-state index contributed by atoms with van der Waals surface area (Å²) in [5, 5.41) is 7.23. The predicted octanol–water partition coefficient (Wildman–Crippen LogP) is 1.73. The van der Waals surface area contributed by atoms with Gasteiger partial charge in [0.1, 0.15) is 24.4 Å². The Morgan fingerprint density at radius 1 is 1.08 bits per heavy atom. The van der Waals surface area contributed by atoms with E-state index in [2.05, 4.69) is 15.3 Å². The average molecular weight is 372 g/mol. The molecule has 0 aromatic rings. The minimum atomic E-state index is -1.19. The van der Waals surface area contributed by atoms with Gasteiger partial charge in [0, 0.05) is 17.2 Å². The molecular weight excluding hydrogens is 348 g/mol. The fourth-order valence-corrected chi connectivity index (χ4v) is 5.15. The van der Waals surface area contributed by atoms with E-state index in [0.717, 1.165) is 12.3 Å². The Morgan fingerprint density at radius 3 is 2.48 bits per heavy atom. The maximum absolute atomic E-state index is 9.23. The van der Waals surface area contributed by atoms with E-state index in [-0.39, 0.29) is 11.5 Å². The molecule has 4 aliphatic rings. The van der Waals surface area contributed by atoms with E-state index in [1.807, 2.05) is 27.7 Å². The monoisotopic (exact) mass is 372 g/mol. The van der Waals surface area contributed by atoms with Gasteiger partial charge in [-0.1, -0.05) is 5.11 Å². The standard InChI is InChI=1S/C15H24N4O5S/c1-13(2)20-7-8(21-13)9-10-11(24-14(3,4)22-10)15(23-9,18-19-16)12-17-5-6-25-12/h8-12,17H,5-7H2,1-4H3/t8-,9-,10+,11+,12?,15-/m1/s1. The zero-order chi connectivity index (χ0) is 17.9. The van der Waals surface area contributed by atoms with Crippen molar-refractivity contribution in [2.45, 2.75) is 74.8 Å². The van der Waals surface area contributed by atoms with E-state index in [4.69, 9.17) is 23.7 Å². The van der Waals surface area contributed by atoms with Crippen LogP contribution in [0.15, 0.2) is 5.11 Å². The summed E-state index contributed by atoms with van der Waals surface area (Å²) in [6.45, 7) is 8.66. The zero-order valence-electron chi connectivity index (χ0n) is 14.8. The average Bonchev–Trinajstić information content (AvgIpc) is 3.25. The van der Waals surface area contributed by atoms with Crippen molar-refractivity contribution >= 4 is 11.8 Å². The number of hydrogen-bond donors (Lipinski definition) is 1. The Kier molecular flexibility index (Phi) is 4.25. The van der Waals surface area contributed by atoms with E-state index in [1.54, 1.807) is 11.8 Å². The molecular formula is C15H24N4O5S. The Balaban J connectivity index is 1.69. The number of hydrogen-bond acceptors (Lipinski definition) is 8. The molecule has 0 saturated carbocycles. The lowest BCUT2D eigenvalue weighted by Gasteiger charge is -2.35. The summed E-state index contributed by atoms with van der Waals surface area (Å²) in [5.41, 5.74) is 8.04. The molecule has 6 atom stereocenters. The zero-order valence-corrected chi connectivity index (χ0v) is 15.6. The van der Waals surface area contributed by atoms with Gasteiger partial charge in [-0.3, -0.25) is 0 Å². The van der Waals surface area contributed by atoms with Crippen molar-refractivity contribution in [1.82, 2.24) is 5.32 Å². The summed E-state index contributed by atoms with van der Waals surface area (Å²) >= 11 is 1.66. The molecule has 4 aliphatic heterocycles. The Hall–Kier alpha value is -0.580. The third-order valence-corrected chi connectivity index (χ3v) is 6.15. The Labute approximate surface area is 150 Å². The maximum atomic E-state index is 9.23. The molecule has 0 bridgehead atoms. The summed E-state index contributed by atoms with van der Waals surface area (Å²) in [6, 6.07) is 0. The number of azide groups is 1. The van der Waals surface area contributed by atoms with Gasteiger partial charge < -0.3 is 29.0 Å². The van der Waals surface area contributed by atoms with Crippen molar-refractivity contribution in [3.05, 3.63) is 10.4 Å². The first-order valence-corrected chi connectivity index (χ1v) is 9.58. The lowest BCUT2D eigenvalue weighted by molar-refractivity contribution is -0.226. The molecule has 0 spiro atoms. The first-order chi connectivity index (χ1) is 11.8. The molecule has 0 aromatic carbocycles. The van der Waals surface area contributed by atoms with Gasteiger partial charge in [-0.15, -0.1) is 11.8 Å². The van der Waals surface area contributed by atoms with E-state index in [1.165, 1.54) is 0 Å². The second-order valence-corrected chi connectivity index (χ2v) is 8.83. The summed E-state index contributed by atoms with van der Waals surface area (Å²) in [5.74, 6) is -0.548. The van der Waals surface area contributed by atoms with E-state index in [0.29, 0.717) is 6.61 Å². The van der Waals surface area contributed by atoms with Crippen LogP contribution in [-0.4, -0.2) is 66.0 Å². The first kappa shape index (κ1) is 17.8. The van der Waals surface area contributed by atoms with Gasteiger partial charge in [0.15, 0.2) is 11.6 Å². The van der Waals surface area contributed by atoms with Crippen LogP contribution in [0.2, 0.25) is 0 Å². The smallest absolute Gasteiger partial charge is 0.200 e. The molecule has 4 heterocycles. The number of fused-ring (bicyclic) bond motifs is 1.